The van der Waals surface area contributed by atoms with Gasteiger partial charge in [-0.15, -0.1) is 0 Å². The molecule has 0 aliphatic carbocycles. The summed E-state index contributed by atoms with van der Waals surface area (Å²) in [5, 5.41) is 7.45. The molecule has 0 fully saturated rings. The topological polar surface area (TPSA) is 22.2 Å². The Morgan fingerprint density at radius 2 is 1.12 bits per heavy atom. The molecule has 0 aliphatic heterocycles. The van der Waals surface area contributed by atoms with E-state index in [1.165, 1.54) is 54.4 Å². The van der Waals surface area contributed by atoms with E-state index in [0.717, 1.165) is 22.6 Å². The fourth-order valence-corrected chi connectivity index (χ4v) is 6.59. The van der Waals surface area contributed by atoms with E-state index in [-0.39, 0.29) is 0 Å². The zero-order chi connectivity index (χ0) is 26.2. The first-order chi connectivity index (χ1) is 19.9. The SMILES string of the molecule is c1ccc(-c2cccc(-n3c4ccccc4c4ccc5c(c6ccccc6n6c7ccccc7cc56)c43)n2)cc1. The smallest absolute Gasteiger partial charge is 0.138 e. The molecule has 0 saturated heterocycles. The van der Waals surface area contributed by atoms with Crippen LogP contribution in [-0.4, -0.2) is 14.0 Å². The summed E-state index contributed by atoms with van der Waals surface area (Å²) < 4.78 is 4.78. The third kappa shape index (κ3) is 2.86. The molecule has 5 aromatic carbocycles. The first kappa shape index (κ1) is 21.5. The third-order valence-electron chi connectivity index (χ3n) is 8.27. The molecule has 186 valence electrons. The second kappa shape index (κ2) is 8.05. The quantitative estimate of drug-likeness (QED) is 0.213. The Balaban J connectivity index is 1.51. The van der Waals surface area contributed by atoms with Crippen molar-refractivity contribution in [1.82, 2.24) is 14.0 Å². The molecule has 0 atom stereocenters. The summed E-state index contributed by atoms with van der Waals surface area (Å²) in [6.07, 6.45) is 0. The Hall–Kier alpha value is -5.41. The fourth-order valence-electron chi connectivity index (χ4n) is 6.59. The average Bonchev–Trinajstić information content (AvgIpc) is 3.58. The summed E-state index contributed by atoms with van der Waals surface area (Å²) in [7, 11) is 0. The van der Waals surface area contributed by atoms with Gasteiger partial charge in [0.05, 0.1) is 33.3 Å². The van der Waals surface area contributed by atoms with Gasteiger partial charge in [-0.3, -0.25) is 4.57 Å². The van der Waals surface area contributed by atoms with E-state index >= 15 is 0 Å². The number of pyridine rings is 2. The van der Waals surface area contributed by atoms with Crippen molar-refractivity contribution in [3.8, 4) is 17.1 Å². The molecule has 0 radical (unpaired) electrons. The molecule has 4 aromatic heterocycles. The molecule has 9 aromatic rings. The molecule has 4 heterocycles. The van der Waals surface area contributed by atoms with Crippen LogP contribution < -0.4 is 0 Å². The van der Waals surface area contributed by atoms with Gasteiger partial charge in [0.25, 0.3) is 0 Å². The van der Waals surface area contributed by atoms with Gasteiger partial charge in [-0.25, -0.2) is 4.98 Å². The Bertz CT molecular complexity index is 2430. The predicted molar refractivity (Wildman–Crippen MR) is 167 cm³/mol. The predicted octanol–water partition coefficient (Wildman–Crippen LogP) is 9.56. The number of fused-ring (bicyclic) bond motifs is 12. The number of nitrogens with zero attached hydrogens (tertiary/aromatic N) is 3. The minimum atomic E-state index is 0.921. The van der Waals surface area contributed by atoms with Crippen LogP contribution in [0.2, 0.25) is 0 Å². The molecule has 0 unspecified atom stereocenters. The van der Waals surface area contributed by atoms with Crippen LogP contribution in [0.3, 0.4) is 0 Å². The standard InChI is InChI=1S/C37H23N3/c1-2-11-24(12-3-1)30-16-10-20-35(38-30)40-32-18-8-5-14-26(32)27-21-22-29-34-23-25-13-4-7-17-31(25)39(34)33-19-9-6-15-28(33)36(29)37(27)40/h1-23H. The van der Waals surface area contributed by atoms with Crippen molar-refractivity contribution >= 4 is 59.9 Å². The van der Waals surface area contributed by atoms with E-state index in [2.05, 4.69) is 142 Å². The lowest BCUT2D eigenvalue weighted by Gasteiger charge is -2.14. The lowest BCUT2D eigenvalue weighted by molar-refractivity contribution is 1.09. The van der Waals surface area contributed by atoms with E-state index in [1.807, 2.05) is 6.07 Å². The van der Waals surface area contributed by atoms with Crippen molar-refractivity contribution in [3.05, 3.63) is 140 Å². The highest BCUT2D eigenvalue weighted by Gasteiger charge is 2.20. The van der Waals surface area contributed by atoms with Crippen molar-refractivity contribution < 1.29 is 0 Å². The molecule has 40 heavy (non-hydrogen) atoms. The first-order valence-corrected chi connectivity index (χ1v) is 13.7. The molecule has 0 N–H and O–H groups in total. The van der Waals surface area contributed by atoms with E-state index < -0.39 is 0 Å². The number of para-hydroxylation sites is 3. The van der Waals surface area contributed by atoms with Crippen molar-refractivity contribution in [2.45, 2.75) is 0 Å². The number of hydrogen-bond acceptors (Lipinski definition) is 1. The summed E-state index contributed by atoms with van der Waals surface area (Å²) >= 11 is 0. The molecule has 3 nitrogen and oxygen atoms in total. The molecule has 0 saturated carbocycles. The maximum atomic E-state index is 5.23. The molecular formula is C37H23N3. The van der Waals surface area contributed by atoms with Gasteiger partial charge in [0.1, 0.15) is 5.82 Å². The summed E-state index contributed by atoms with van der Waals surface area (Å²) in [6, 6.07) is 49.9. The maximum absolute atomic E-state index is 5.23. The van der Waals surface area contributed by atoms with Crippen LogP contribution in [0.25, 0.3) is 77.0 Å². The summed E-state index contributed by atoms with van der Waals surface area (Å²) in [4.78, 5) is 5.23. The molecule has 9 rings (SSSR count). The molecule has 0 amide bonds. The van der Waals surface area contributed by atoms with Crippen molar-refractivity contribution in [3.63, 3.8) is 0 Å². The average molecular weight is 510 g/mol. The second-order valence-corrected chi connectivity index (χ2v) is 10.4. The van der Waals surface area contributed by atoms with Crippen molar-refractivity contribution in [2.75, 3.05) is 0 Å². The van der Waals surface area contributed by atoms with E-state index in [1.54, 1.807) is 0 Å². The highest BCUT2D eigenvalue weighted by Crippen LogP contribution is 2.42. The third-order valence-corrected chi connectivity index (χ3v) is 8.27. The highest BCUT2D eigenvalue weighted by molar-refractivity contribution is 6.28. The van der Waals surface area contributed by atoms with Crippen LogP contribution in [0.1, 0.15) is 0 Å². The number of benzene rings is 5. The summed E-state index contributed by atoms with van der Waals surface area (Å²) in [6.45, 7) is 0. The van der Waals surface area contributed by atoms with E-state index in [0.29, 0.717) is 0 Å². The molecule has 3 heteroatoms. The lowest BCUT2D eigenvalue weighted by Crippen LogP contribution is -2.00. The van der Waals surface area contributed by atoms with E-state index in [4.69, 9.17) is 4.98 Å². The summed E-state index contributed by atoms with van der Waals surface area (Å²) in [5.41, 5.74) is 8.10. The minimum absolute atomic E-state index is 0.921. The van der Waals surface area contributed by atoms with Gasteiger partial charge in [-0.2, -0.15) is 0 Å². The van der Waals surface area contributed by atoms with Crippen LogP contribution in [0.15, 0.2) is 140 Å². The Morgan fingerprint density at radius 1 is 0.450 bits per heavy atom. The van der Waals surface area contributed by atoms with Gasteiger partial charge >= 0.3 is 0 Å². The molecule has 0 aliphatic rings. The fraction of sp³-hybridized carbons (Fsp3) is 0. The minimum Gasteiger partial charge on any atom is -0.309 e. The van der Waals surface area contributed by atoms with Crippen LogP contribution in [0.5, 0.6) is 0 Å². The Kier molecular flexibility index (Phi) is 4.33. The zero-order valence-corrected chi connectivity index (χ0v) is 21.6. The van der Waals surface area contributed by atoms with Crippen molar-refractivity contribution in [1.29, 1.82) is 0 Å². The van der Waals surface area contributed by atoms with Crippen molar-refractivity contribution in [2.24, 2.45) is 0 Å². The van der Waals surface area contributed by atoms with Crippen LogP contribution in [-0.2, 0) is 0 Å². The van der Waals surface area contributed by atoms with Gasteiger partial charge in [0.15, 0.2) is 0 Å². The number of rotatable bonds is 2. The summed E-state index contributed by atoms with van der Waals surface area (Å²) in [5.74, 6) is 0.921. The van der Waals surface area contributed by atoms with Crippen LogP contribution in [0, 0.1) is 0 Å². The number of aromatic nitrogens is 3. The largest absolute Gasteiger partial charge is 0.309 e. The van der Waals surface area contributed by atoms with Gasteiger partial charge in [0, 0.05) is 37.9 Å². The monoisotopic (exact) mass is 509 g/mol. The molecule has 0 spiro atoms. The Labute approximate surface area is 230 Å². The van der Waals surface area contributed by atoms with Gasteiger partial charge in [-0.1, -0.05) is 103 Å². The highest BCUT2D eigenvalue weighted by atomic mass is 15.1. The van der Waals surface area contributed by atoms with Crippen LogP contribution in [0.4, 0.5) is 0 Å². The Morgan fingerprint density at radius 3 is 2.00 bits per heavy atom. The normalized spacial score (nSPS) is 12.0. The van der Waals surface area contributed by atoms with Gasteiger partial charge < -0.3 is 4.40 Å². The number of hydrogen-bond donors (Lipinski definition) is 0. The second-order valence-electron chi connectivity index (χ2n) is 10.4. The van der Waals surface area contributed by atoms with Gasteiger partial charge in [0.2, 0.25) is 0 Å². The molecule has 0 bridgehead atoms. The van der Waals surface area contributed by atoms with Crippen LogP contribution >= 0.6 is 0 Å². The van der Waals surface area contributed by atoms with E-state index in [9.17, 15) is 0 Å². The first-order valence-electron chi connectivity index (χ1n) is 13.7. The zero-order valence-electron chi connectivity index (χ0n) is 21.6. The van der Waals surface area contributed by atoms with Gasteiger partial charge in [-0.05, 0) is 36.4 Å². The maximum Gasteiger partial charge on any atom is 0.138 e. The molecular weight excluding hydrogens is 486 g/mol. The lowest BCUT2D eigenvalue weighted by atomic mass is 10.0.